The summed E-state index contributed by atoms with van der Waals surface area (Å²) in [6.07, 6.45) is 3.90. The molecule has 1 atom stereocenters. The van der Waals surface area contributed by atoms with Crippen LogP contribution in [-0.4, -0.2) is 39.4 Å². The Morgan fingerprint density at radius 2 is 2.14 bits per heavy atom. The average molecular weight is 549 g/mol. The number of carbonyl (C=O) groups excluding carboxylic acids is 1. The highest BCUT2D eigenvalue weighted by molar-refractivity contribution is 14.2. The first-order valence-corrected chi connectivity index (χ1v) is 12.7. The van der Waals surface area contributed by atoms with E-state index in [0.29, 0.717) is 36.4 Å². The third-order valence-corrected chi connectivity index (χ3v) is 6.42. The highest BCUT2D eigenvalue weighted by Crippen LogP contribution is 2.38. The molecule has 0 aliphatic heterocycles. The van der Waals surface area contributed by atoms with E-state index in [2.05, 4.69) is 48.7 Å². The number of halogens is 2. The Morgan fingerprint density at radius 1 is 1.38 bits per heavy atom. The van der Waals surface area contributed by atoms with Crippen molar-refractivity contribution in [1.29, 1.82) is 0 Å². The number of ether oxygens (including phenoxy) is 2. The Hall–Kier alpha value is -1.59. The summed E-state index contributed by atoms with van der Waals surface area (Å²) in [5.41, 5.74) is 2.14. The normalized spacial score (nSPS) is 12.2. The molecule has 0 fully saturated rings. The van der Waals surface area contributed by atoms with E-state index in [1.165, 1.54) is 6.92 Å². The molecular weight excluding hydrogens is 527 g/mol. The number of aromatic nitrogens is 3. The lowest BCUT2D eigenvalue weighted by atomic mass is 10.0. The Kier molecular flexibility index (Phi) is 7.58. The van der Waals surface area contributed by atoms with Crippen molar-refractivity contribution in [3.63, 3.8) is 0 Å². The van der Waals surface area contributed by atoms with Gasteiger partial charge < -0.3 is 14.8 Å². The van der Waals surface area contributed by atoms with Crippen LogP contribution in [0.25, 0.3) is 10.9 Å². The summed E-state index contributed by atoms with van der Waals surface area (Å²) in [5.74, 6) is 1.27. The minimum absolute atomic E-state index is 0.0381. The molecule has 0 saturated heterocycles. The molecule has 2 heterocycles. The lowest BCUT2D eigenvalue weighted by Crippen LogP contribution is -2.24. The number of fused-ring (bicyclic) bond motifs is 1. The van der Waals surface area contributed by atoms with Gasteiger partial charge in [0, 0.05) is 80.6 Å². The first-order chi connectivity index (χ1) is 13.9. The third kappa shape index (κ3) is 5.52. The van der Waals surface area contributed by atoms with E-state index in [9.17, 15) is 4.79 Å². The predicted molar refractivity (Wildman–Crippen MR) is 125 cm³/mol. The Labute approximate surface area is 190 Å². The molecule has 7 nitrogen and oxygen atoms in total. The Balaban J connectivity index is 1.76. The fourth-order valence-electron chi connectivity index (χ4n) is 2.96. The molecule has 1 amide bonds. The molecule has 0 aliphatic carbocycles. The van der Waals surface area contributed by atoms with Crippen LogP contribution in [0.5, 0.6) is 11.6 Å². The number of aryl methyl sites for hydroxylation is 1. The zero-order chi connectivity index (χ0) is 21.0. The lowest BCUT2D eigenvalue weighted by Gasteiger charge is -2.12. The maximum atomic E-state index is 11.3. The summed E-state index contributed by atoms with van der Waals surface area (Å²) in [6, 6.07) is 5.67. The van der Waals surface area contributed by atoms with Crippen molar-refractivity contribution in [2.24, 2.45) is 7.05 Å². The predicted octanol–water partition coefficient (Wildman–Crippen LogP) is 4.57. The molecule has 0 aliphatic rings. The van der Waals surface area contributed by atoms with Crippen LogP contribution in [0.4, 0.5) is 0 Å². The van der Waals surface area contributed by atoms with Crippen molar-refractivity contribution in [2.75, 3.05) is 19.8 Å². The molecule has 3 aromatic rings. The first kappa shape index (κ1) is 22.1. The molecule has 29 heavy (non-hydrogen) atoms. The second kappa shape index (κ2) is 9.94. The van der Waals surface area contributed by atoms with Gasteiger partial charge in [-0.15, -0.1) is 5.10 Å². The zero-order valence-corrected chi connectivity index (χ0v) is 20.0. The van der Waals surface area contributed by atoms with E-state index in [1.807, 2.05) is 25.4 Å². The van der Waals surface area contributed by atoms with Crippen molar-refractivity contribution in [2.45, 2.75) is 19.8 Å². The lowest BCUT2D eigenvalue weighted by molar-refractivity contribution is -0.119. The molecule has 0 bridgehead atoms. The first-order valence-electron chi connectivity index (χ1n) is 9.02. The van der Waals surface area contributed by atoms with Crippen molar-refractivity contribution in [3.8, 4) is 11.6 Å². The van der Waals surface area contributed by atoms with Crippen molar-refractivity contribution in [1.82, 2.24) is 19.1 Å². The van der Waals surface area contributed by atoms with E-state index in [-0.39, 0.29) is 11.8 Å². The molecule has 0 saturated carbocycles. The van der Waals surface area contributed by atoms with E-state index in [0.717, 1.165) is 16.5 Å². The molecule has 156 valence electrons. The van der Waals surface area contributed by atoms with Crippen LogP contribution < -0.4 is 14.8 Å². The van der Waals surface area contributed by atoms with Gasteiger partial charge >= 0.3 is 0 Å². The fraction of sp³-hybridized carbons (Fsp3) is 0.368. The van der Waals surface area contributed by atoms with Gasteiger partial charge in [0.2, 0.25) is 11.8 Å². The molecule has 2 aromatic heterocycles. The van der Waals surface area contributed by atoms with Crippen LogP contribution in [0, 0.1) is 0 Å². The summed E-state index contributed by atoms with van der Waals surface area (Å²) in [4.78, 5) is 11.3. The number of rotatable bonds is 9. The van der Waals surface area contributed by atoms with E-state index < -0.39 is 0 Å². The maximum absolute atomic E-state index is 11.3. The SMILES string of the molecule is CC(=O)NC[C@H](C)c1cn(SI)c2cc(Cl)c(OCCOc3ccn(C)n3)cc12. The van der Waals surface area contributed by atoms with Gasteiger partial charge in [-0.3, -0.25) is 13.4 Å². The highest BCUT2D eigenvalue weighted by atomic mass is 127. The molecule has 3 rings (SSSR count). The van der Waals surface area contributed by atoms with Gasteiger partial charge in [-0.25, -0.2) is 0 Å². The third-order valence-electron chi connectivity index (χ3n) is 4.40. The minimum atomic E-state index is -0.0381. The topological polar surface area (TPSA) is 70.3 Å². The summed E-state index contributed by atoms with van der Waals surface area (Å²) >= 11 is 8.70. The Bertz CT molecular complexity index is 1010. The van der Waals surface area contributed by atoms with Gasteiger partial charge in [0.1, 0.15) is 19.0 Å². The summed E-state index contributed by atoms with van der Waals surface area (Å²) in [5, 5.41) is 8.64. The van der Waals surface area contributed by atoms with Gasteiger partial charge in [-0.2, -0.15) is 0 Å². The minimum Gasteiger partial charge on any atom is -0.488 e. The standard InChI is InChI=1S/C19H22ClIN4O3S/c1-12(10-22-13(2)26)15-11-25(29-21)17-9-16(20)18(8-14(15)17)27-6-7-28-19-4-5-24(3)23-19/h4-5,8-9,11-12H,6-7,10H2,1-3H3,(H,22,26)/t12-/m0/s1. The second-order valence-electron chi connectivity index (χ2n) is 6.64. The van der Waals surface area contributed by atoms with Gasteiger partial charge in [-0.1, -0.05) is 18.5 Å². The molecular formula is C19H22ClIN4O3S. The molecule has 0 unspecified atom stereocenters. The van der Waals surface area contributed by atoms with E-state index in [4.69, 9.17) is 21.1 Å². The maximum Gasteiger partial charge on any atom is 0.232 e. The van der Waals surface area contributed by atoms with Crippen LogP contribution in [0.2, 0.25) is 5.02 Å². The number of nitrogens with zero attached hydrogens (tertiary/aromatic N) is 3. The average Bonchev–Trinajstić information content (AvgIpc) is 3.26. The number of carbonyl (C=O) groups is 1. The van der Waals surface area contributed by atoms with Crippen LogP contribution in [0.3, 0.4) is 0 Å². The molecule has 10 heteroatoms. The van der Waals surface area contributed by atoms with Crippen LogP contribution in [0.15, 0.2) is 30.6 Å². The summed E-state index contributed by atoms with van der Waals surface area (Å²) < 4.78 is 15.2. The number of amides is 1. The van der Waals surface area contributed by atoms with E-state index >= 15 is 0 Å². The van der Waals surface area contributed by atoms with E-state index in [1.54, 1.807) is 19.9 Å². The molecule has 0 spiro atoms. The molecule has 1 N–H and O–H groups in total. The molecule has 1 aromatic carbocycles. The quantitative estimate of drug-likeness (QED) is 0.313. The molecule has 0 radical (unpaired) electrons. The van der Waals surface area contributed by atoms with Crippen LogP contribution in [0.1, 0.15) is 25.3 Å². The summed E-state index contributed by atoms with van der Waals surface area (Å²) in [7, 11) is 3.40. The van der Waals surface area contributed by atoms with Crippen molar-refractivity contribution < 1.29 is 14.3 Å². The van der Waals surface area contributed by atoms with Gasteiger partial charge in [0.05, 0.1) is 10.5 Å². The number of hydrogen-bond donors (Lipinski definition) is 1. The van der Waals surface area contributed by atoms with Crippen LogP contribution in [-0.2, 0) is 11.8 Å². The highest BCUT2D eigenvalue weighted by Gasteiger charge is 2.17. The monoisotopic (exact) mass is 548 g/mol. The second-order valence-corrected chi connectivity index (χ2v) is 8.76. The Morgan fingerprint density at radius 3 is 2.79 bits per heavy atom. The zero-order valence-electron chi connectivity index (χ0n) is 16.3. The van der Waals surface area contributed by atoms with Gasteiger partial charge in [0.25, 0.3) is 0 Å². The summed E-state index contributed by atoms with van der Waals surface area (Å²) in [6.45, 7) is 4.89. The van der Waals surface area contributed by atoms with Gasteiger partial charge in [-0.05, 0) is 17.7 Å². The van der Waals surface area contributed by atoms with Crippen molar-refractivity contribution >= 4 is 58.7 Å². The van der Waals surface area contributed by atoms with Gasteiger partial charge in [0.15, 0.2) is 0 Å². The smallest absolute Gasteiger partial charge is 0.232 e. The number of nitrogens with one attached hydrogen (secondary N) is 1. The number of hydrogen-bond acceptors (Lipinski definition) is 5. The van der Waals surface area contributed by atoms with Crippen molar-refractivity contribution in [3.05, 3.63) is 41.2 Å². The fourth-order valence-corrected chi connectivity index (χ4v) is 4.53. The largest absolute Gasteiger partial charge is 0.488 e. The number of benzene rings is 1. The van der Waals surface area contributed by atoms with Crippen LogP contribution >= 0.6 is 41.9 Å².